The summed E-state index contributed by atoms with van der Waals surface area (Å²) in [4.78, 5) is 19.0. The van der Waals surface area contributed by atoms with E-state index in [1.165, 1.54) is 7.11 Å². The number of ether oxygens (including phenoxy) is 1. The van der Waals surface area contributed by atoms with Gasteiger partial charge >= 0.3 is 5.91 Å². The molecule has 0 spiro atoms. The highest BCUT2D eigenvalue weighted by Crippen LogP contribution is 2.31. The fourth-order valence-electron chi connectivity index (χ4n) is 1.52. The number of carbonyl (C=O) groups excluding carboxylic acids is 1. The van der Waals surface area contributed by atoms with Crippen molar-refractivity contribution in [1.29, 1.82) is 0 Å². The van der Waals surface area contributed by atoms with Crippen LogP contribution in [0, 0.1) is 0 Å². The van der Waals surface area contributed by atoms with E-state index in [4.69, 9.17) is 32.2 Å². The molecule has 2 aromatic rings. The van der Waals surface area contributed by atoms with Crippen molar-refractivity contribution in [2.24, 2.45) is 16.5 Å². The number of hydrogen-bond donors (Lipinski definition) is 2. The minimum Gasteiger partial charge on any atom is -0.496 e. The van der Waals surface area contributed by atoms with Gasteiger partial charge in [0.15, 0.2) is 11.7 Å². The molecule has 1 aromatic heterocycles. The number of nitrogens with two attached hydrogens (primary N) is 2. The second-order valence-corrected chi connectivity index (χ2v) is 4.16. The molecular weight excluding hydrogens is 284 g/mol. The van der Waals surface area contributed by atoms with Gasteiger partial charge in [-0.2, -0.15) is 4.99 Å². The van der Waals surface area contributed by atoms with Crippen molar-refractivity contribution in [3.63, 3.8) is 0 Å². The summed E-state index contributed by atoms with van der Waals surface area (Å²) in [7, 11) is 1.50. The van der Waals surface area contributed by atoms with E-state index in [1.54, 1.807) is 18.2 Å². The summed E-state index contributed by atoms with van der Waals surface area (Å²) in [5.74, 6) is -0.350. The lowest BCUT2D eigenvalue weighted by Gasteiger charge is -2.04. The Kier molecular flexibility index (Phi) is 3.90. The summed E-state index contributed by atoms with van der Waals surface area (Å²) >= 11 is 5.92. The number of guanidine groups is 1. The normalized spacial score (nSPS) is 10.1. The maximum atomic E-state index is 11.6. The van der Waals surface area contributed by atoms with E-state index >= 15 is 0 Å². The predicted molar refractivity (Wildman–Crippen MR) is 73.6 cm³/mol. The third-order valence-electron chi connectivity index (χ3n) is 2.35. The van der Waals surface area contributed by atoms with Gasteiger partial charge < -0.3 is 20.6 Å². The summed E-state index contributed by atoms with van der Waals surface area (Å²) in [5.41, 5.74) is 10.7. The van der Waals surface area contributed by atoms with Crippen LogP contribution in [-0.4, -0.2) is 24.0 Å². The van der Waals surface area contributed by atoms with Gasteiger partial charge in [0.05, 0.1) is 12.7 Å². The lowest BCUT2D eigenvalue weighted by atomic mass is 10.2. The molecule has 0 atom stereocenters. The lowest BCUT2D eigenvalue weighted by molar-refractivity contribution is 0.0998. The summed E-state index contributed by atoms with van der Waals surface area (Å²) in [5, 5.41) is 0.483. The highest BCUT2D eigenvalue weighted by Gasteiger charge is 2.16. The molecular formula is C12H11ClN4O3. The van der Waals surface area contributed by atoms with Gasteiger partial charge in [0, 0.05) is 5.02 Å². The second-order valence-electron chi connectivity index (χ2n) is 3.72. The van der Waals surface area contributed by atoms with Crippen molar-refractivity contribution in [1.82, 2.24) is 4.98 Å². The summed E-state index contributed by atoms with van der Waals surface area (Å²) in [6.07, 6.45) is 1.16. The molecule has 1 amide bonds. The van der Waals surface area contributed by atoms with Crippen LogP contribution in [0.5, 0.6) is 5.75 Å². The molecule has 0 fully saturated rings. The molecule has 0 unspecified atom stereocenters. The van der Waals surface area contributed by atoms with Crippen LogP contribution in [0.15, 0.2) is 33.9 Å². The number of carbonyl (C=O) groups is 1. The first-order chi connectivity index (χ1) is 9.51. The zero-order valence-corrected chi connectivity index (χ0v) is 11.2. The highest BCUT2D eigenvalue weighted by molar-refractivity contribution is 6.30. The van der Waals surface area contributed by atoms with Crippen LogP contribution in [0.3, 0.4) is 0 Å². The van der Waals surface area contributed by atoms with Gasteiger partial charge in [0.2, 0.25) is 5.89 Å². The highest BCUT2D eigenvalue weighted by atomic mass is 35.5. The largest absolute Gasteiger partial charge is 0.496 e. The summed E-state index contributed by atoms with van der Waals surface area (Å²) in [6, 6.07) is 4.94. The molecule has 104 valence electrons. The average molecular weight is 295 g/mol. The lowest BCUT2D eigenvalue weighted by Crippen LogP contribution is -2.24. The van der Waals surface area contributed by atoms with E-state index in [0.717, 1.165) is 6.26 Å². The fourth-order valence-corrected chi connectivity index (χ4v) is 1.69. The average Bonchev–Trinajstić information content (AvgIpc) is 2.87. The van der Waals surface area contributed by atoms with Crippen molar-refractivity contribution in [3.8, 4) is 17.2 Å². The van der Waals surface area contributed by atoms with Crippen LogP contribution >= 0.6 is 11.6 Å². The summed E-state index contributed by atoms with van der Waals surface area (Å²) in [6.45, 7) is 0. The quantitative estimate of drug-likeness (QED) is 0.653. The molecule has 8 heteroatoms. The van der Waals surface area contributed by atoms with E-state index in [2.05, 4.69) is 9.98 Å². The monoisotopic (exact) mass is 294 g/mol. The number of hydrogen-bond acceptors (Lipinski definition) is 4. The third kappa shape index (κ3) is 2.89. The van der Waals surface area contributed by atoms with Crippen molar-refractivity contribution in [2.45, 2.75) is 0 Å². The molecule has 0 aliphatic rings. The molecule has 20 heavy (non-hydrogen) atoms. The SMILES string of the molecule is COc1ccc(Cl)cc1-c1nc(C(=O)N=C(N)N)co1. The Morgan fingerprint density at radius 1 is 1.45 bits per heavy atom. The minimum absolute atomic E-state index is 0.0181. The zero-order valence-electron chi connectivity index (χ0n) is 10.5. The van der Waals surface area contributed by atoms with Gasteiger partial charge in [-0.05, 0) is 18.2 Å². The van der Waals surface area contributed by atoms with E-state index in [-0.39, 0.29) is 17.5 Å². The topological polar surface area (TPSA) is 117 Å². The molecule has 0 aliphatic carbocycles. The maximum absolute atomic E-state index is 11.6. The van der Waals surface area contributed by atoms with Crippen molar-refractivity contribution in [3.05, 3.63) is 35.2 Å². The molecule has 0 aliphatic heterocycles. The Hall–Kier alpha value is -2.54. The molecule has 0 saturated heterocycles. The third-order valence-corrected chi connectivity index (χ3v) is 2.58. The van der Waals surface area contributed by atoms with Crippen LogP contribution in [0.2, 0.25) is 5.02 Å². The first kappa shape index (κ1) is 13.9. The van der Waals surface area contributed by atoms with Crippen LogP contribution in [0.1, 0.15) is 10.5 Å². The smallest absolute Gasteiger partial charge is 0.302 e. The van der Waals surface area contributed by atoms with Crippen molar-refractivity contribution in [2.75, 3.05) is 7.11 Å². The number of aromatic nitrogens is 1. The Morgan fingerprint density at radius 2 is 2.20 bits per heavy atom. The molecule has 0 bridgehead atoms. The van der Waals surface area contributed by atoms with Crippen LogP contribution in [0.4, 0.5) is 0 Å². The van der Waals surface area contributed by atoms with Gasteiger partial charge in [0.25, 0.3) is 0 Å². The maximum Gasteiger partial charge on any atom is 0.302 e. The first-order valence-corrected chi connectivity index (χ1v) is 5.82. The van der Waals surface area contributed by atoms with Gasteiger partial charge in [0.1, 0.15) is 12.0 Å². The van der Waals surface area contributed by atoms with Crippen LogP contribution in [-0.2, 0) is 0 Å². The molecule has 7 nitrogen and oxygen atoms in total. The second kappa shape index (κ2) is 5.62. The molecule has 1 heterocycles. The van der Waals surface area contributed by atoms with Crippen molar-refractivity contribution < 1.29 is 13.9 Å². The molecule has 0 radical (unpaired) electrons. The molecule has 1 aromatic carbocycles. The standard InChI is InChI=1S/C12H11ClN4O3/c1-19-9-3-2-6(13)4-7(9)11-16-8(5-20-11)10(18)17-12(14)15/h2-5H,1H3,(H4,14,15,17,18). The minimum atomic E-state index is -0.694. The number of benzene rings is 1. The number of amides is 1. The predicted octanol–water partition coefficient (Wildman–Crippen LogP) is 1.42. The number of aliphatic imine (C=N–C) groups is 1. The van der Waals surface area contributed by atoms with E-state index in [9.17, 15) is 4.79 Å². The van der Waals surface area contributed by atoms with Gasteiger partial charge in [-0.3, -0.25) is 4.79 Å². The van der Waals surface area contributed by atoms with E-state index in [1.807, 2.05) is 0 Å². The molecule has 4 N–H and O–H groups in total. The first-order valence-electron chi connectivity index (χ1n) is 5.44. The number of rotatable bonds is 3. The number of oxazole rings is 1. The van der Waals surface area contributed by atoms with Crippen LogP contribution < -0.4 is 16.2 Å². The van der Waals surface area contributed by atoms with Gasteiger partial charge in [-0.25, -0.2) is 4.98 Å². The van der Waals surface area contributed by atoms with Crippen molar-refractivity contribution >= 4 is 23.5 Å². The number of nitrogens with zero attached hydrogens (tertiary/aromatic N) is 2. The van der Waals surface area contributed by atoms with Crippen LogP contribution in [0.25, 0.3) is 11.5 Å². The number of methoxy groups -OCH3 is 1. The Morgan fingerprint density at radius 3 is 2.85 bits per heavy atom. The Bertz CT molecular complexity index is 677. The molecule has 2 rings (SSSR count). The molecule has 0 saturated carbocycles. The Labute approximate surface area is 119 Å². The Balaban J connectivity index is 2.41. The fraction of sp³-hybridized carbons (Fsp3) is 0.0833. The number of halogens is 1. The van der Waals surface area contributed by atoms with E-state index in [0.29, 0.717) is 16.3 Å². The van der Waals surface area contributed by atoms with Gasteiger partial charge in [-0.1, -0.05) is 11.6 Å². The summed E-state index contributed by atoms with van der Waals surface area (Å²) < 4.78 is 10.4. The van der Waals surface area contributed by atoms with E-state index < -0.39 is 5.91 Å². The van der Waals surface area contributed by atoms with Gasteiger partial charge in [-0.15, -0.1) is 0 Å². The zero-order chi connectivity index (χ0) is 14.7.